The molecule has 0 fully saturated rings. The van der Waals surface area contributed by atoms with E-state index in [1.54, 1.807) is 0 Å². The maximum Gasteiger partial charge on any atom is 0.417 e. The maximum absolute atomic E-state index is 12.3. The fraction of sp³-hybridized carbons (Fsp3) is 0.545. The van der Waals surface area contributed by atoms with Crippen LogP contribution in [0.5, 0.6) is 0 Å². The average molecular weight is 286 g/mol. The monoisotopic (exact) mass is 286 g/mol. The molecule has 2 nitrogen and oxygen atoms in total. The number of hydrogen-bond donors (Lipinski definition) is 1. The first-order chi connectivity index (χ1) is 8.63. The molecule has 1 atom stereocenters. The Kier molecular flexibility index (Phi) is 4.78. The smallest absolute Gasteiger partial charge is 0.312 e. The van der Waals surface area contributed by atoms with Crippen molar-refractivity contribution >= 4 is 0 Å². The molecule has 1 aromatic rings. The normalized spacial score (nSPS) is 14.5. The molecule has 1 N–H and O–H groups in total. The van der Waals surface area contributed by atoms with Gasteiger partial charge in [-0.25, -0.2) is 0 Å². The van der Waals surface area contributed by atoms with E-state index < -0.39 is 30.4 Å². The van der Waals surface area contributed by atoms with E-state index in [9.17, 15) is 26.3 Å². The Morgan fingerprint density at radius 2 is 1.79 bits per heavy atom. The molecule has 0 aromatic carbocycles. The topological polar surface area (TPSA) is 24.9 Å². The summed E-state index contributed by atoms with van der Waals surface area (Å²) in [4.78, 5) is 3.57. The molecule has 0 spiro atoms. The number of aromatic nitrogens is 1. The van der Waals surface area contributed by atoms with Gasteiger partial charge in [0.1, 0.15) is 0 Å². The number of alkyl halides is 6. The zero-order chi connectivity index (χ0) is 14.7. The van der Waals surface area contributed by atoms with Crippen LogP contribution in [-0.2, 0) is 6.18 Å². The second-order valence-corrected chi connectivity index (χ2v) is 3.96. The average Bonchev–Trinajstić information content (AvgIpc) is 2.28. The van der Waals surface area contributed by atoms with E-state index in [0.717, 1.165) is 12.1 Å². The first-order valence-electron chi connectivity index (χ1n) is 5.40. The minimum Gasteiger partial charge on any atom is -0.312 e. The third kappa shape index (κ3) is 5.06. The van der Waals surface area contributed by atoms with E-state index in [0.29, 0.717) is 6.20 Å². The van der Waals surface area contributed by atoms with Gasteiger partial charge in [-0.05, 0) is 25.6 Å². The van der Waals surface area contributed by atoms with Crippen LogP contribution < -0.4 is 5.32 Å². The Balaban J connectivity index is 2.77. The van der Waals surface area contributed by atoms with E-state index in [2.05, 4.69) is 10.3 Å². The highest BCUT2D eigenvalue weighted by Gasteiger charge is 2.32. The lowest BCUT2D eigenvalue weighted by atomic mass is 10.1. The van der Waals surface area contributed by atoms with Gasteiger partial charge in [-0.1, -0.05) is 0 Å². The molecular formula is C11H12F6N2. The van der Waals surface area contributed by atoms with Crippen molar-refractivity contribution in [2.45, 2.75) is 31.2 Å². The predicted octanol–water partition coefficient (Wildman–Crippen LogP) is 3.70. The molecule has 19 heavy (non-hydrogen) atoms. The lowest BCUT2D eigenvalue weighted by Crippen LogP contribution is -2.21. The van der Waals surface area contributed by atoms with Crippen LogP contribution in [0.15, 0.2) is 18.3 Å². The van der Waals surface area contributed by atoms with Gasteiger partial charge in [-0.15, -0.1) is 0 Å². The Morgan fingerprint density at radius 3 is 2.16 bits per heavy atom. The van der Waals surface area contributed by atoms with E-state index in [4.69, 9.17) is 0 Å². The number of nitrogens with one attached hydrogen (secondary N) is 1. The first kappa shape index (κ1) is 15.7. The van der Waals surface area contributed by atoms with E-state index in [-0.39, 0.29) is 12.1 Å². The molecule has 0 saturated heterocycles. The highest BCUT2D eigenvalue weighted by atomic mass is 19.4. The quantitative estimate of drug-likeness (QED) is 0.854. The summed E-state index contributed by atoms with van der Waals surface area (Å²) in [6.07, 6.45) is -9.50. The summed E-state index contributed by atoms with van der Waals surface area (Å²) in [5.74, 6) is 0. The number of rotatable bonds is 4. The molecule has 1 aromatic heterocycles. The molecular weight excluding hydrogens is 274 g/mol. The summed E-state index contributed by atoms with van der Waals surface area (Å²) in [7, 11) is 1.43. The summed E-state index contributed by atoms with van der Waals surface area (Å²) < 4.78 is 73.2. The predicted molar refractivity (Wildman–Crippen MR) is 56.3 cm³/mol. The van der Waals surface area contributed by atoms with Gasteiger partial charge in [0, 0.05) is 18.7 Å². The second-order valence-electron chi connectivity index (χ2n) is 3.96. The summed E-state index contributed by atoms with van der Waals surface area (Å²) >= 11 is 0. The number of halogens is 6. The van der Waals surface area contributed by atoms with Crippen LogP contribution in [0, 0.1) is 0 Å². The fourth-order valence-electron chi connectivity index (χ4n) is 1.53. The Bertz CT molecular complexity index is 395. The summed E-state index contributed by atoms with van der Waals surface area (Å²) in [6.45, 7) is 0. The van der Waals surface area contributed by atoms with Crippen molar-refractivity contribution in [2.75, 3.05) is 7.05 Å². The summed E-state index contributed by atoms with van der Waals surface area (Å²) in [5.41, 5.74) is -0.776. The van der Waals surface area contributed by atoms with Crippen molar-refractivity contribution < 1.29 is 26.3 Å². The standard InChI is InChI=1S/C11H12F6N2/c1-18-8(4-5-10(12,13)14)9-3-2-7(6-19-9)11(15,16)17/h2-3,6,8,18H,4-5H2,1H3. The van der Waals surface area contributed by atoms with Crippen LogP contribution in [0.1, 0.15) is 30.1 Å². The molecule has 0 aliphatic rings. The van der Waals surface area contributed by atoms with Crippen LogP contribution in [0.2, 0.25) is 0 Å². The summed E-state index contributed by atoms with van der Waals surface area (Å²) in [5, 5.41) is 2.61. The SMILES string of the molecule is CNC(CCC(F)(F)F)c1ccc(C(F)(F)F)cn1. The molecule has 0 aliphatic heterocycles. The van der Waals surface area contributed by atoms with Crippen LogP contribution in [0.4, 0.5) is 26.3 Å². The van der Waals surface area contributed by atoms with Gasteiger partial charge in [0.15, 0.2) is 0 Å². The zero-order valence-corrected chi connectivity index (χ0v) is 9.94. The van der Waals surface area contributed by atoms with Crippen LogP contribution in [0.3, 0.4) is 0 Å². The van der Waals surface area contributed by atoms with Gasteiger partial charge in [0.25, 0.3) is 0 Å². The van der Waals surface area contributed by atoms with Crippen molar-refractivity contribution in [1.29, 1.82) is 0 Å². The van der Waals surface area contributed by atoms with Gasteiger partial charge in [0.05, 0.1) is 11.3 Å². The molecule has 0 bridgehead atoms. The van der Waals surface area contributed by atoms with E-state index >= 15 is 0 Å². The highest BCUT2D eigenvalue weighted by Crippen LogP contribution is 2.30. The van der Waals surface area contributed by atoms with Crippen LogP contribution in [-0.4, -0.2) is 18.2 Å². The number of nitrogens with zero attached hydrogens (tertiary/aromatic N) is 1. The Labute approximate surface area is 105 Å². The van der Waals surface area contributed by atoms with Gasteiger partial charge in [-0.2, -0.15) is 26.3 Å². The van der Waals surface area contributed by atoms with Crippen LogP contribution >= 0.6 is 0 Å². The highest BCUT2D eigenvalue weighted by molar-refractivity contribution is 5.18. The van der Waals surface area contributed by atoms with Crippen LogP contribution in [0.25, 0.3) is 0 Å². The van der Waals surface area contributed by atoms with Gasteiger partial charge in [-0.3, -0.25) is 4.98 Å². The van der Waals surface area contributed by atoms with Crippen molar-refractivity contribution in [3.8, 4) is 0 Å². The first-order valence-corrected chi connectivity index (χ1v) is 5.40. The third-order valence-electron chi connectivity index (χ3n) is 2.54. The molecule has 0 saturated carbocycles. The van der Waals surface area contributed by atoms with E-state index in [1.165, 1.54) is 7.05 Å². The van der Waals surface area contributed by atoms with Crippen molar-refractivity contribution in [3.05, 3.63) is 29.6 Å². The molecule has 0 amide bonds. The molecule has 1 unspecified atom stereocenters. The molecule has 1 rings (SSSR count). The van der Waals surface area contributed by atoms with E-state index in [1.807, 2.05) is 0 Å². The second kappa shape index (κ2) is 5.77. The zero-order valence-electron chi connectivity index (χ0n) is 9.94. The Morgan fingerprint density at radius 1 is 1.16 bits per heavy atom. The minimum atomic E-state index is -4.51. The number of pyridine rings is 1. The van der Waals surface area contributed by atoms with Gasteiger partial charge >= 0.3 is 12.4 Å². The van der Waals surface area contributed by atoms with Gasteiger partial charge < -0.3 is 5.32 Å². The molecule has 1 heterocycles. The lowest BCUT2D eigenvalue weighted by molar-refractivity contribution is -0.138. The molecule has 0 aliphatic carbocycles. The Hall–Kier alpha value is -1.31. The minimum absolute atomic E-state index is 0.153. The van der Waals surface area contributed by atoms with Crippen molar-refractivity contribution in [2.24, 2.45) is 0 Å². The largest absolute Gasteiger partial charge is 0.417 e. The van der Waals surface area contributed by atoms with Crippen molar-refractivity contribution in [3.63, 3.8) is 0 Å². The molecule has 108 valence electrons. The maximum atomic E-state index is 12.3. The van der Waals surface area contributed by atoms with Crippen molar-refractivity contribution in [1.82, 2.24) is 10.3 Å². The van der Waals surface area contributed by atoms with Gasteiger partial charge in [0.2, 0.25) is 0 Å². The third-order valence-corrected chi connectivity index (χ3v) is 2.54. The lowest BCUT2D eigenvalue weighted by Gasteiger charge is -2.17. The molecule has 0 radical (unpaired) electrons. The summed E-state index contributed by atoms with van der Waals surface area (Å²) in [6, 6.07) is 1.16. The number of hydrogen-bond acceptors (Lipinski definition) is 2. The fourth-order valence-corrected chi connectivity index (χ4v) is 1.53. The molecule has 8 heteroatoms.